The predicted octanol–water partition coefficient (Wildman–Crippen LogP) is 2.29. The molecule has 0 saturated heterocycles. The fourth-order valence-electron chi connectivity index (χ4n) is 1.72. The molecule has 1 heterocycles. The van der Waals surface area contributed by atoms with Crippen molar-refractivity contribution >= 4 is 10.9 Å². The molecule has 16 heavy (non-hydrogen) atoms. The third-order valence-corrected chi connectivity index (χ3v) is 2.69. The van der Waals surface area contributed by atoms with Crippen LogP contribution in [-0.4, -0.2) is 15.1 Å². The Labute approximate surface area is 93.0 Å². The van der Waals surface area contributed by atoms with Gasteiger partial charge in [-0.1, -0.05) is 25.1 Å². The van der Waals surface area contributed by atoms with Crippen LogP contribution in [0.15, 0.2) is 35.6 Å². The van der Waals surface area contributed by atoms with Gasteiger partial charge in [0.15, 0.2) is 0 Å². The summed E-state index contributed by atoms with van der Waals surface area (Å²) in [5.41, 5.74) is 1.77. The summed E-state index contributed by atoms with van der Waals surface area (Å²) in [6.07, 6.45) is 1.45. The fourth-order valence-corrected chi connectivity index (χ4v) is 1.72. The van der Waals surface area contributed by atoms with Gasteiger partial charge in [0, 0.05) is 11.6 Å². The molecule has 0 aliphatic heterocycles. The maximum atomic E-state index is 9.61. The highest BCUT2D eigenvalue weighted by Crippen LogP contribution is 2.18. The van der Waals surface area contributed by atoms with Crippen LogP contribution in [-0.2, 0) is 0 Å². The van der Waals surface area contributed by atoms with Crippen molar-refractivity contribution in [3.8, 4) is 0 Å². The summed E-state index contributed by atoms with van der Waals surface area (Å²) in [5, 5.41) is 22.9. The molecule has 0 amide bonds. The number of fused-ring (bicyclic) bond motifs is 1. The molecule has 0 saturated carbocycles. The van der Waals surface area contributed by atoms with E-state index in [0.717, 1.165) is 15.7 Å². The fraction of sp³-hybridized carbons (Fsp3) is 0.250. The quantitative estimate of drug-likeness (QED) is 0.438. The first-order valence-electron chi connectivity index (χ1n) is 5.16. The largest absolute Gasteiger partial charge is 0.428 e. The van der Waals surface area contributed by atoms with Crippen molar-refractivity contribution in [1.29, 1.82) is 0 Å². The SMILES string of the molecule is CC(C)c1ccc2c(c1)/c(=N/O)ccn2O. The smallest absolute Gasteiger partial charge is 0.113 e. The van der Waals surface area contributed by atoms with Gasteiger partial charge in [-0.05, 0) is 29.7 Å². The van der Waals surface area contributed by atoms with Crippen LogP contribution in [0.4, 0.5) is 0 Å². The standard InChI is InChI=1S/C12H14N2O2/c1-8(2)9-3-4-12-10(7-9)11(13-15)5-6-14(12)16/h3-8,15-16H,1-2H3/b13-11+. The van der Waals surface area contributed by atoms with Gasteiger partial charge >= 0.3 is 0 Å². The lowest BCUT2D eigenvalue weighted by Gasteiger charge is -2.08. The number of hydrogen-bond acceptors (Lipinski definition) is 3. The van der Waals surface area contributed by atoms with Crippen molar-refractivity contribution in [2.45, 2.75) is 19.8 Å². The van der Waals surface area contributed by atoms with E-state index in [0.29, 0.717) is 16.8 Å². The molecule has 2 rings (SSSR count). The Morgan fingerprint density at radius 2 is 2.00 bits per heavy atom. The molecular weight excluding hydrogens is 204 g/mol. The Morgan fingerprint density at radius 1 is 1.25 bits per heavy atom. The van der Waals surface area contributed by atoms with Crippen LogP contribution in [0.2, 0.25) is 0 Å². The minimum absolute atomic E-state index is 0.392. The van der Waals surface area contributed by atoms with E-state index < -0.39 is 0 Å². The lowest BCUT2D eigenvalue weighted by molar-refractivity contribution is 0.197. The van der Waals surface area contributed by atoms with Gasteiger partial charge in [0.05, 0.1) is 5.52 Å². The van der Waals surface area contributed by atoms with E-state index in [1.165, 1.54) is 6.20 Å². The number of aromatic nitrogens is 1. The van der Waals surface area contributed by atoms with Crippen LogP contribution in [0.25, 0.3) is 10.9 Å². The molecule has 84 valence electrons. The van der Waals surface area contributed by atoms with Gasteiger partial charge in [0.2, 0.25) is 0 Å². The topological polar surface area (TPSA) is 57.8 Å². The second-order valence-electron chi connectivity index (χ2n) is 4.08. The first-order chi connectivity index (χ1) is 7.63. The lowest BCUT2D eigenvalue weighted by atomic mass is 10.0. The highest BCUT2D eigenvalue weighted by Gasteiger charge is 2.04. The zero-order valence-electron chi connectivity index (χ0n) is 9.25. The molecule has 0 atom stereocenters. The third kappa shape index (κ3) is 1.62. The van der Waals surface area contributed by atoms with Crippen LogP contribution < -0.4 is 5.36 Å². The molecule has 1 aromatic carbocycles. The van der Waals surface area contributed by atoms with Gasteiger partial charge in [0.25, 0.3) is 0 Å². The van der Waals surface area contributed by atoms with Gasteiger partial charge in [-0.25, -0.2) is 0 Å². The van der Waals surface area contributed by atoms with E-state index in [4.69, 9.17) is 5.21 Å². The molecular formula is C12H14N2O2. The average Bonchev–Trinajstić information content (AvgIpc) is 2.29. The van der Waals surface area contributed by atoms with Crippen LogP contribution >= 0.6 is 0 Å². The zero-order chi connectivity index (χ0) is 11.7. The maximum Gasteiger partial charge on any atom is 0.113 e. The van der Waals surface area contributed by atoms with Gasteiger partial charge < -0.3 is 10.4 Å². The van der Waals surface area contributed by atoms with E-state index in [9.17, 15) is 5.21 Å². The Kier molecular flexibility index (Phi) is 2.56. The Bertz CT molecular complexity index is 585. The van der Waals surface area contributed by atoms with Gasteiger partial charge in [0.1, 0.15) is 5.36 Å². The van der Waals surface area contributed by atoms with Crippen LogP contribution in [0, 0.1) is 0 Å². The van der Waals surface area contributed by atoms with E-state index in [-0.39, 0.29) is 0 Å². The van der Waals surface area contributed by atoms with Crippen molar-refractivity contribution < 1.29 is 10.4 Å². The van der Waals surface area contributed by atoms with Gasteiger partial charge in [-0.3, -0.25) is 0 Å². The van der Waals surface area contributed by atoms with Crippen molar-refractivity contribution in [3.05, 3.63) is 41.4 Å². The maximum absolute atomic E-state index is 9.61. The van der Waals surface area contributed by atoms with Crippen LogP contribution in [0.5, 0.6) is 0 Å². The van der Waals surface area contributed by atoms with Crippen molar-refractivity contribution in [1.82, 2.24) is 4.73 Å². The van der Waals surface area contributed by atoms with E-state index in [1.54, 1.807) is 6.07 Å². The molecule has 0 aliphatic rings. The summed E-state index contributed by atoms with van der Waals surface area (Å²) in [7, 11) is 0. The third-order valence-electron chi connectivity index (χ3n) is 2.69. The molecule has 4 nitrogen and oxygen atoms in total. The van der Waals surface area contributed by atoms with E-state index >= 15 is 0 Å². The van der Waals surface area contributed by atoms with Gasteiger partial charge in [-0.2, -0.15) is 4.73 Å². The monoisotopic (exact) mass is 218 g/mol. The summed E-state index contributed by atoms with van der Waals surface area (Å²) in [5.74, 6) is 0.392. The highest BCUT2D eigenvalue weighted by molar-refractivity contribution is 5.79. The number of benzene rings is 1. The normalized spacial score (nSPS) is 12.6. The molecule has 0 unspecified atom stereocenters. The first kappa shape index (κ1) is 10.5. The molecule has 1 aromatic heterocycles. The van der Waals surface area contributed by atoms with Crippen LogP contribution in [0.1, 0.15) is 25.3 Å². The summed E-state index contributed by atoms with van der Waals surface area (Å²) >= 11 is 0. The van der Waals surface area contributed by atoms with Crippen LogP contribution in [0.3, 0.4) is 0 Å². The molecule has 2 N–H and O–H groups in total. The minimum Gasteiger partial charge on any atom is -0.428 e. The van der Waals surface area contributed by atoms with E-state index in [2.05, 4.69) is 19.0 Å². The highest BCUT2D eigenvalue weighted by atomic mass is 16.5. The average molecular weight is 218 g/mol. The predicted molar refractivity (Wildman–Crippen MR) is 60.6 cm³/mol. The molecule has 0 aliphatic carbocycles. The Morgan fingerprint density at radius 3 is 2.62 bits per heavy atom. The summed E-state index contributed by atoms with van der Waals surface area (Å²) in [4.78, 5) is 0. The molecule has 0 fully saturated rings. The number of rotatable bonds is 1. The zero-order valence-corrected chi connectivity index (χ0v) is 9.25. The molecule has 0 spiro atoms. The van der Waals surface area contributed by atoms with Gasteiger partial charge in [-0.15, -0.1) is 0 Å². The van der Waals surface area contributed by atoms with E-state index in [1.807, 2.05) is 18.2 Å². The second-order valence-corrected chi connectivity index (χ2v) is 4.08. The summed E-state index contributed by atoms with van der Waals surface area (Å²) in [6, 6.07) is 7.27. The summed E-state index contributed by atoms with van der Waals surface area (Å²) in [6.45, 7) is 4.18. The van der Waals surface area contributed by atoms with Crippen molar-refractivity contribution in [2.24, 2.45) is 5.16 Å². The minimum atomic E-state index is 0.392. The number of hydrogen-bond donors (Lipinski definition) is 2. The second kappa shape index (κ2) is 3.89. The molecule has 0 radical (unpaired) electrons. The molecule has 2 aromatic rings. The lowest BCUT2D eigenvalue weighted by Crippen LogP contribution is -2.08. The Hall–Kier alpha value is -1.97. The van der Waals surface area contributed by atoms with Crippen molar-refractivity contribution in [3.63, 3.8) is 0 Å². The number of pyridine rings is 1. The number of nitrogens with zero attached hydrogens (tertiary/aromatic N) is 2. The molecule has 0 bridgehead atoms. The Balaban J connectivity index is 2.85. The molecule has 4 heteroatoms. The summed E-state index contributed by atoms with van der Waals surface area (Å²) < 4.78 is 1.02. The van der Waals surface area contributed by atoms with Crippen molar-refractivity contribution in [2.75, 3.05) is 0 Å². The first-order valence-corrected chi connectivity index (χ1v) is 5.16.